The molecule has 0 spiro atoms. The maximum absolute atomic E-state index is 10.3. The summed E-state index contributed by atoms with van der Waals surface area (Å²) in [6, 6.07) is 14.2. The molecule has 0 amide bonds. The molecule has 36 heavy (non-hydrogen) atoms. The zero-order chi connectivity index (χ0) is 25.1. The standard InChI is InChI=1S/C29H41N5O2/c1-4-19-36-29(35)33-17-15-32(16-18-33)27-9-12-30-34-21-26(20-28(27)34)24-7-5-23(6-8-24)25-10-13-31(14-11-25)22(2)3/h5-9,12,20-22,25,29,35H,4,10-11,13-19H2,1-3H3. The van der Waals surface area contributed by atoms with Crippen LogP contribution in [0.5, 0.6) is 0 Å². The first-order valence-electron chi connectivity index (χ1n) is 13.6. The highest BCUT2D eigenvalue weighted by Crippen LogP contribution is 2.32. The molecule has 4 heterocycles. The van der Waals surface area contributed by atoms with Gasteiger partial charge in [0.25, 0.3) is 0 Å². The molecule has 194 valence electrons. The highest BCUT2D eigenvalue weighted by Gasteiger charge is 2.25. The number of aliphatic hydroxyl groups excluding tert-OH is 1. The molecular weight excluding hydrogens is 450 g/mol. The summed E-state index contributed by atoms with van der Waals surface area (Å²) in [6.07, 6.45) is 6.60. The van der Waals surface area contributed by atoms with E-state index in [1.807, 2.05) is 15.6 Å². The fraction of sp³-hybridized carbons (Fsp3) is 0.552. The summed E-state index contributed by atoms with van der Waals surface area (Å²) < 4.78 is 7.49. The minimum absolute atomic E-state index is 0.581. The first-order chi connectivity index (χ1) is 17.5. The number of rotatable bonds is 8. The Morgan fingerprint density at radius 2 is 1.67 bits per heavy atom. The van der Waals surface area contributed by atoms with Gasteiger partial charge in [-0.2, -0.15) is 5.10 Å². The molecule has 2 saturated heterocycles. The van der Waals surface area contributed by atoms with Crippen LogP contribution in [-0.2, 0) is 4.74 Å². The lowest BCUT2D eigenvalue weighted by Crippen LogP contribution is -2.51. The van der Waals surface area contributed by atoms with Crippen molar-refractivity contribution in [2.45, 2.75) is 58.4 Å². The summed E-state index contributed by atoms with van der Waals surface area (Å²) >= 11 is 0. The number of likely N-dealkylation sites (tertiary alicyclic amines) is 1. The van der Waals surface area contributed by atoms with Gasteiger partial charge in [-0.25, -0.2) is 4.52 Å². The van der Waals surface area contributed by atoms with Gasteiger partial charge in [-0.3, -0.25) is 4.90 Å². The molecule has 7 nitrogen and oxygen atoms in total. The molecule has 0 saturated carbocycles. The number of aliphatic hydroxyl groups is 1. The average Bonchev–Trinajstić information content (AvgIpc) is 3.36. The molecule has 2 fully saturated rings. The Morgan fingerprint density at radius 1 is 0.944 bits per heavy atom. The maximum atomic E-state index is 10.3. The van der Waals surface area contributed by atoms with Crippen LogP contribution in [0.1, 0.15) is 51.5 Å². The number of hydrogen-bond acceptors (Lipinski definition) is 6. The Bertz CT molecular complexity index is 1110. The van der Waals surface area contributed by atoms with Crippen LogP contribution in [-0.4, -0.2) is 82.9 Å². The van der Waals surface area contributed by atoms with Crippen molar-refractivity contribution in [2.75, 3.05) is 50.8 Å². The van der Waals surface area contributed by atoms with E-state index in [1.165, 1.54) is 48.3 Å². The molecule has 2 aliphatic rings. The van der Waals surface area contributed by atoms with E-state index in [2.05, 4.69) is 78.3 Å². The third kappa shape index (κ3) is 5.44. The molecule has 2 aromatic heterocycles. The maximum Gasteiger partial charge on any atom is 0.216 e. The number of hydrogen-bond donors (Lipinski definition) is 1. The highest BCUT2D eigenvalue weighted by molar-refractivity contribution is 5.80. The van der Waals surface area contributed by atoms with Crippen LogP contribution < -0.4 is 4.90 Å². The lowest BCUT2D eigenvalue weighted by atomic mass is 9.88. The van der Waals surface area contributed by atoms with Crippen molar-refractivity contribution in [1.82, 2.24) is 19.4 Å². The van der Waals surface area contributed by atoms with Crippen molar-refractivity contribution in [3.05, 3.63) is 54.4 Å². The van der Waals surface area contributed by atoms with Gasteiger partial charge in [0.15, 0.2) is 0 Å². The SMILES string of the molecule is CCCOC(O)N1CCN(c2ccnn3cc(-c4ccc(C5CCN(C(C)C)CC5)cc4)cc23)CC1. The number of fused-ring (bicyclic) bond motifs is 1. The average molecular weight is 492 g/mol. The Labute approximate surface area is 215 Å². The number of benzene rings is 1. The van der Waals surface area contributed by atoms with Gasteiger partial charge in [-0.1, -0.05) is 31.2 Å². The van der Waals surface area contributed by atoms with Crippen LogP contribution in [0.4, 0.5) is 5.69 Å². The summed E-state index contributed by atoms with van der Waals surface area (Å²) in [7, 11) is 0. The number of ether oxygens (including phenoxy) is 1. The van der Waals surface area contributed by atoms with Crippen molar-refractivity contribution < 1.29 is 9.84 Å². The number of aromatic nitrogens is 2. The Morgan fingerprint density at radius 3 is 2.33 bits per heavy atom. The zero-order valence-electron chi connectivity index (χ0n) is 22.0. The van der Waals surface area contributed by atoms with E-state index in [1.54, 1.807) is 0 Å². The lowest BCUT2D eigenvalue weighted by Gasteiger charge is -2.38. The molecule has 0 aliphatic carbocycles. The van der Waals surface area contributed by atoms with Crippen molar-refractivity contribution in [2.24, 2.45) is 0 Å². The van der Waals surface area contributed by atoms with E-state index in [-0.39, 0.29) is 0 Å². The molecule has 0 bridgehead atoms. The summed E-state index contributed by atoms with van der Waals surface area (Å²) in [5, 5.41) is 14.9. The Kier molecular flexibility index (Phi) is 7.91. The quantitative estimate of drug-likeness (QED) is 0.471. The van der Waals surface area contributed by atoms with Crippen LogP contribution in [0.15, 0.2) is 48.8 Å². The molecule has 1 N–H and O–H groups in total. The fourth-order valence-corrected chi connectivity index (χ4v) is 5.63. The predicted molar refractivity (Wildman–Crippen MR) is 145 cm³/mol. The third-order valence-corrected chi connectivity index (χ3v) is 7.90. The second-order valence-corrected chi connectivity index (χ2v) is 10.5. The van der Waals surface area contributed by atoms with E-state index < -0.39 is 6.41 Å². The number of piperidine rings is 1. The lowest BCUT2D eigenvalue weighted by molar-refractivity contribution is -0.194. The monoisotopic (exact) mass is 491 g/mol. The van der Waals surface area contributed by atoms with E-state index in [4.69, 9.17) is 4.74 Å². The predicted octanol–water partition coefficient (Wildman–Crippen LogP) is 4.41. The molecule has 7 heteroatoms. The molecule has 3 aromatic rings. The Balaban J connectivity index is 1.27. The smallest absolute Gasteiger partial charge is 0.216 e. The van der Waals surface area contributed by atoms with Gasteiger partial charge in [0, 0.05) is 50.2 Å². The van der Waals surface area contributed by atoms with Crippen molar-refractivity contribution in [3.8, 4) is 11.1 Å². The second kappa shape index (κ2) is 11.3. The van der Waals surface area contributed by atoms with Gasteiger partial charge in [-0.05, 0) is 75.4 Å². The van der Waals surface area contributed by atoms with Crippen LogP contribution >= 0.6 is 0 Å². The van der Waals surface area contributed by atoms with E-state index >= 15 is 0 Å². The molecule has 2 aliphatic heterocycles. The first kappa shape index (κ1) is 25.2. The first-order valence-corrected chi connectivity index (χ1v) is 13.6. The van der Waals surface area contributed by atoms with Crippen LogP contribution in [0, 0.1) is 0 Å². The molecule has 1 aromatic carbocycles. The molecule has 5 rings (SSSR count). The van der Waals surface area contributed by atoms with Crippen LogP contribution in [0.25, 0.3) is 16.6 Å². The fourth-order valence-electron chi connectivity index (χ4n) is 5.63. The summed E-state index contributed by atoms with van der Waals surface area (Å²) in [4.78, 5) is 6.98. The number of anilines is 1. The van der Waals surface area contributed by atoms with Crippen molar-refractivity contribution in [1.29, 1.82) is 0 Å². The largest absolute Gasteiger partial charge is 0.367 e. The van der Waals surface area contributed by atoms with E-state index in [0.29, 0.717) is 18.6 Å². The van der Waals surface area contributed by atoms with Gasteiger partial charge >= 0.3 is 0 Å². The van der Waals surface area contributed by atoms with Crippen molar-refractivity contribution >= 4 is 11.2 Å². The second-order valence-electron chi connectivity index (χ2n) is 10.5. The normalized spacial score (nSPS) is 19.4. The topological polar surface area (TPSA) is 56.5 Å². The minimum atomic E-state index is -0.810. The number of nitrogens with zero attached hydrogens (tertiary/aromatic N) is 5. The molecule has 0 radical (unpaired) electrons. The van der Waals surface area contributed by atoms with Gasteiger partial charge in [0.2, 0.25) is 6.41 Å². The van der Waals surface area contributed by atoms with Gasteiger partial charge < -0.3 is 19.6 Å². The summed E-state index contributed by atoms with van der Waals surface area (Å²) in [6.45, 7) is 12.8. The number of piperazine rings is 1. The molecular formula is C29H41N5O2. The highest BCUT2D eigenvalue weighted by atomic mass is 16.6. The van der Waals surface area contributed by atoms with Gasteiger partial charge in [0.1, 0.15) is 0 Å². The third-order valence-electron chi connectivity index (χ3n) is 7.90. The van der Waals surface area contributed by atoms with Gasteiger partial charge in [0.05, 0.1) is 17.8 Å². The van der Waals surface area contributed by atoms with E-state index in [9.17, 15) is 5.11 Å². The zero-order valence-corrected chi connectivity index (χ0v) is 22.0. The Hall–Kier alpha value is -2.45. The van der Waals surface area contributed by atoms with Crippen LogP contribution in [0.3, 0.4) is 0 Å². The molecule has 1 atom stereocenters. The minimum Gasteiger partial charge on any atom is -0.367 e. The van der Waals surface area contributed by atoms with Crippen molar-refractivity contribution in [3.63, 3.8) is 0 Å². The molecule has 1 unspecified atom stereocenters. The van der Waals surface area contributed by atoms with E-state index in [0.717, 1.165) is 38.1 Å². The van der Waals surface area contributed by atoms with Gasteiger partial charge in [-0.15, -0.1) is 0 Å². The summed E-state index contributed by atoms with van der Waals surface area (Å²) in [5.41, 5.74) is 6.20. The van der Waals surface area contributed by atoms with Crippen LogP contribution in [0.2, 0.25) is 0 Å². The summed E-state index contributed by atoms with van der Waals surface area (Å²) in [5.74, 6) is 0.667.